The molecule has 2 heterocycles. The number of hydrogen-bond acceptors (Lipinski definition) is 6. The maximum absolute atomic E-state index is 14.1. The molecule has 3 rings (SSSR count). The van der Waals surface area contributed by atoms with Crippen LogP contribution in [0.25, 0.3) is 10.6 Å². The fourth-order valence-corrected chi connectivity index (χ4v) is 4.51. The molecule has 0 spiro atoms. The molecule has 1 saturated heterocycles. The molecule has 1 fully saturated rings. The summed E-state index contributed by atoms with van der Waals surface area (Å²) in [6, 6.07) is 3.50. The summed E-state index contributed by atoms with van der Waals surface area (Å²) in [6.45, 7) is 3.78. The maximum Gasteiger partial charge on any atom is 0.277 e. The lowest BCUT2D eigenvalue weighted by molar-refractivity contribution is 0.0964. The van der Waals surface area contributed by atoms with E-state index in [-0.39, 0.29) is 21.3 Å². The first-order valence-electron chi connectivity index (χ1n) is 10.0. The van der Waals surface area contributed by atoms with Crippen LogP contribution >= 0.6 is 11.3 Å². The van der Waals surface area contributed by atoms with E-state index in [2.05, 4.69) is 27.1 Å². The molecule has 1 aliphatic heterocycles. The third-order valence-electron chi connectivity index (χ3n) is 5.12. The number of carbonyl (C=O) groups is 1. The Morgan fingerprint density at radius 3 is 2.71 bits per heavy atom. The molecule has 1 aliphatic rings. The lowest BCUT2D eigenvalue weighted by atomic mass is 10.1. The number of nitrogens with one attached hydrogen (secondary N) is 1. The maximum atomic E-state index is 14.1. The fourth-order valence-electron chi connectivity index (χ4n) is 3.64. The third-order valence-corrected chi connectivity index (χ3v) is 6.02. The van der Waals surface area contributed by atoms with Crippen molar-refractivity contribution >= 4 is 28.1 Å². The van der Waals surface area contributed by atoms with Gasteiger partial charge in [0.1, 0.15) is 27.5 Å². The Bertz CT molecular complexity index is 999. The van der Waals surface area contributed by atoms with Gasteiger partial charge in [-0.1, -0.05) is 30.7 Å². The normalized spacial score (nSPS) is 18.1. The van der Waals surface area contributed by atoms with Crippen LogP contribution in [0.3, 0.4) is 0 Å². The number of halogens is 2. The summed E-state index contributed by atoms with van der Waals surface area (Å²) < 4.78 is 28.2. The lowest BCUT2D eigenvalue weighted by Gasteiger charge is -2.27. The van der Waals surface area contributed by atoms with Gasteiger partial charge in [-0.3, -0.25) is 9.79 Å². The van der Waals surface area contributed by atoms with Crippen molar-refractivity contribution in [3.8, 4) is 10.6 Å². The van der Waals surface area contributed by atoms with Crippen molar-refractivity contribution in [1.82, 2.24) is 15.2 Å². The number of nitrogens with two attached hydrogens (primary N) is 2. The Hall–Kier alpha value is -3.01. The van der Waals surface area contributed by atoms with Crippen LogP contribution in [0.15, 0.2) is 35.1 Å². The van der Waals surface area contributed by atoms with Crippen LogP contribution in [-0.4, -0.2) is 41.8 Å². The number of benzene rings is 1. The molecule has 10 heteroatoms. The first-order chi connectivity index (χ1) is 14.8. The van der Waals surface area contributed by atoms with Crippen molar-refractivity contribution in [3.05, 3.63) is 47.4 Å². The minimum absolute atomic E-state index is 0.0118. The van der Waals surface area contributed by atoms with E-state index < -0.39 is 17.5 Å². The van der Waals surface area contributed by atoms with Crippen molar-refractivity contribution in [2.75, 3.05) is 25.9 Å². The minimum atomic E-state index is -0.779. The number of rotatable bonds is 4. The molecular weight excluding hydrogens is 422 g/mol. The van der Waals surface area contributed by atoms with Gasteiger partial charge in [-0.2, -0.15) is 0 Å². The van der Waals surface area contributed by atoms with Crippen molar-refractivity contribution in [3.63, 3.8) is 0 Å². The first kappa shape index (κ1) is 22.7. The van der Waals surface area contributed by atoms with E-state index in [1.165, 1.54) is 12.3 Å². The van der Waals surface area contributed by atoms with Gasteiger partial charge >= 0.3 is 0 Å². The van der Waals surface area contributed by atoms with Crippen LogP contribution in [0.5, 0.6) is 0 Å². The van der Waals surface area contributed by atoms with Crippen molar-refractivity contribution < 1.29 is 13.6 Å². The van der Waals surface area contributed by atoms with Gasteiger partial charge < -0.3 is 21.7 Å². The van der Waals surface area contributed by atoms with Crippen LogP contribution in [0.4, 0.5) is 13.8 Å². The van der Waals surface area contributed by atoms with E-state index in [0.717, 1.165) is 55.8 Å². The van der Waals surface area contributed by atoms with E-state index in [9.17, 15) is 13.6 Å². The second kappa shape index (κ2) is 9.86. The second-order valence-corrected chi connectivity index (χ2v) is 8.49. The molecule has 1 aromatic heterocycles. The average molecular weight is 449 g/mol. The molecule has 0 unspecified atom stereocenters. The summed E-state index contributed by atoms with van der Waals surface area (Å²) in [6.07, 6.45) is 4.56. The van der Waals surface area contributed by atoms with Crippen LogP contribution < -0.4 is 16.8 Å². The van der Waals surface area contributed by atoms with Crippen molar-refractivity contribution in [2.24, 2.45) is 16.6 Å². The highest BCUT2D eigenvalue weighted by atomic mass is 32.1. The first-order valence-corrected chi connectivity index (χ1v) is 10.8. The molecule has 31 heavy (non-hydrogen) atoms. The summed E-state index contributed by atoms with van der Waals surface area (Å²) in [5.74, 6) is -1.13. The van der Waals surface area contributed by atoms with Gasteiger partial charge in [-0.25, -0.2) is 13.8 Å². The Labute approximate surface area is 183 Å². The zero-order chi connectivity index (χ0) is 22.5. The molecular formula is C21H26F2N6OS. The van der Waals surface area contributed by atoms with Gasteiger partial charge in [0.05, 0.1) is 11.3 Å². The number of aliphatic imine (C=N–C) groups is 1. The molecule has 5 N–H and O–H groups in total. The highest BCUT2D eigenvalue weighted by Crippen LogP contribution is 2.33. The zero-order valence-electron chi connectivity index (χ0n) is 17.5. The average Bonchev–Trinajstić information content (AvgIpc) is 2.97. The lowest BCUT2D eigenvalue weighted by Crippen LogP contribution is -2.41. The van der Waals surface area contributed by atoms with Gasteiger partial charge in [0.15, 0.2) is 5.69 Å². The fraction of sp³-hybridized carbons (Fsp3) is 0.381. The predicted molar refractivity (Wildman–Crippen MR) is 120 cm³/mol. The molecule has 0 radical (unpaired) electrons. The number of thiazole rings is 1. The SMILES string of the molecule is CN=C(C(=CN)NC(=O)c1nc(-c2c(F)cccc2F)sc1N)N1CCCC[C@H](C)C1. The zero-order valence-corrected chi connectivity index (χ0v) is 18.3. The van der Waals surface area contributed by atoms with Gasteiger partial charge in [-0.05, 0) is 30.9 Å². The van der Waals surface area contributed by atoms with Gasteiger partial charge in [0.25, 0.3) is 5.91 Å². The van der Waals surface area contributed by atoms with Gasteiger partial charge in [0.2, 0.25) is 0 Å². The smallest absolute Gasteiger partial charge is 0.277 e. The Balaban J connectivity index is 1.84. The van der Waals surface area contributed by atoms with Gasteiger partial charge in [-0.15, -0.1) is 0 Å². The quantitative estimate of drug-likeness (QED) is 0.491. The van der Waals surface area contributed by atoms with Crippen LogP contribution in [0.2, 0.25) is 0 Å². The number of carbonyl (C=O) groups excluding carboxylic acids is 1. The Morgan fingerprint density at radius 2 is 2.06 bits per heavy atom. The standard InChI is InChI=1S/C21H26F2N6OS/c1-12-6-3-4-9-29(11-12)19(26-2)15(10-24)27-20(30)17-18(25)31-21(28-17)16-13(22)7-5-8-14(16)23/h5,7-8,10,12H,3-4,6,9,11,24-25H2,1-2H3,(H,27,30)/t12-/m0/s1. The summed E-state index contributed by atoms with van der Waals surface area (Å²) in [5, 5.41) is 2.74. The molecule has 7 nitrogen and oxygen atoms in total. The van der Waals surface area contributed by atoms with E-state index in [1.807, 2.05) is 0 Å². The number of nitrogen functional groups attached to an aromatic ring is 1. The topological polar surface area (TPSA) is 110 Å². The van der Waals surface area contributed by atoms with Gasteiger partial charge in [0, 0.05) is 26.3 Å². The number of aromatic nitrogens is 1. The summed E-state index contributed by atoms with van der Waals surface area (Å²) in [5.41, 5.74) is 11.6. The summed E-state index contributed by atoms with van der Waals surface area (Å²) in [4.78, 5) is 23.4. The summed E-state index contributed by atoms with van der Waals surface area (Å²) in [7, 11) is 1.64. The van der Waals surface area contributed by atoms with E-state index in [0.29, 0.717) is 17.5 Å². The van der Waals surface area contributed by atoms with Crippen LogP contribution in [0, 0.1) is 17.6 Å². The number of nitrogens with zero attached hydrogens (tertiary/aromatic N) is 3. The molecule has 0 bridgehead atoms. The molecule has 1 atom stereocenters. The van der Waals surface area contributed by atoms with Crippen LogP contribution in [-0.2, 0) is 0 Å². The number of amidine groups is 1. The summed E-state index contributed by atoms with van der Waals surface area (Å²) >= 11 is 0.839. The highest BCUT2D eigenvalue weighted by Gasteiger charge is 2.25. The van der Waals surface area contributed by atoms with E-state index >= 15 is 0 Å². The van der Waals surface area contributed by atoms with Crippen molar-refractivity contribution in [2.45, 2.75) is 26.2 Å². The Morgan fingerprint density at radius 1 is 1.35 bits per heavy atom. The monoisotopic (exact) mass is 448 g/mol. The molecule has 1 aromatic carbocycles. The third kappa shape index (κ3) is 5.01. The number of hydrogen-bond donors (Lipinski definition) is 3. The van der Waals surface area contributed by atoms with Crippen LogP contribution in [0.1, 0.15) is 36.7 Å². The van der Waals surface area contributed by atoms with E-state index in [4.69, 9.17) is 11.5 Å². The minimum Gasteiger partial charge on any atom is -0.403 e. The molecule has 0 saturated carbocycles. The number of likely N-dealkylation sites (tertiary alicyclic amines) is 1. The highest BCUT2D eigenvalue weighted by molar-refractivity contribution is 7.19. The predicted octanol–water partition coefficient (Wildman–Crippen LogP) is 3.35. The van der Waals surface area contributed by atoms with E-state index in [1.54, 1.807) is 7.05 Å². The second-order valence-electron chi connectivity index (χ2n) is 7.46. The number of anilines is 1. The number of amides is 1. The van der Waals surface area contributed by atoms with Crippen molar-refractivity contribution in [1.29, 1.82) is 0 Å². The molecule has 1 amide bonds. The molecule has 0 aliphatic carbocycles. The molecule has 166 valence electrons. The largest absolute Gasteiger partial charge is 0.403 e. The Kier molecular flexibility index (Phi) is 7.21. The molecule has 2 aromatic rings.